The standard InChI is InChI=1S/C24H30FN5O2/c25-23-19(6-5-10-26-23)17-29(18-20-16-28-22-8-2-1-7-21(20)22)11-4-3-9-27-24(31)30-12-14-32-15-13-30/h1-2,5-8,10,16,28H,3-4,9,11-15,17-18H2,(H,27,31). The summed E-state index contributed by atoms with van der Waals surface area (Å²) in [6.07, 6.45) is 5.25. The highest BCUT2D eigenvalue weighted by molar-refractivity contribution is 5.82. The molecule has 4 rings (SSSR count). The first-order valence-electron chi connectivity index (χ1n) is 11.2. The number of benzene rings is 1. The Bertz CT molecular complexity index is 1020. The van der Waals surface area contributed by atoms with Crippen molar-refractivity contribution in [2.75, 3.05) is 39.4 Å². The number of nitrogens with zero attached hydrogens (tertiary/aromatic N) is 3. The van der Waals surface area contributed by atoms with Crippen LogP contribution < -0.4 is 5.32 Å². The van der Waals surface area contributed by atoms with Gasteiger partial charge < -0.3 is 19.9 Å². The summed E-state index contributed by atoms with van der Waals surface area (Å²) in [5.41, 5.74) is 2.87. The molecule has 0 aliphatic carbocycles. The lowest BCUT2D eigenvalue weighted by atomic mass is 10.1. The lowest BCUT2D eigenvalue weighted by molar-refractivity contribution is 0.0532. The molecule has 0 radical (unpaired) electrons. The summed E-state index contributed by atoms with van der Waals surface area (Å²) in [5.74, 6) is -0.422. The SMILES string of the molecule is O=C(NCCCCN(Cc1cccnc1F)Cc1c[nH]c2ccccc12)N1CCOCC1. The zero-order chi connectivity index (χ0) is 22.2. The van der Waals surface area contributed by atoms with Crippen LogP contribution in [-0.2, 0) is 17.8 Å². The highest BCUT2D eigenvalue weighted by Gasteiger charge is 2.16. The molecule has 7 nitrogen and oxygen atoms in total. The van der Waals surface area contributed by atoms with Crippen LogP contribution in [0.5, 0.6) is 0 Å². The van der Waals surface area contributed by atoms with Gasteiger partial charge in [0.05, 0.1) is 13.2 Å². The van der Waals surface area contributed by atoms with Gasteiger partial charge in [-0.2, -0.15) is 4.39 Å². The number of carbonyl (C=O) groups is 1. The van der Waals surface area contributed by atoms with Gasteiger partial charge in [0.1, 0.15) is 0 Å². The van der Waals surface area contributed by atoms with Gasteiger partial charge in [0.15, 0.2) is 0 Å². The molecular weight excluding hydrogens is 409 g/mol. The summed E-state index contributed by atoms with van der Waals surface area (Å²) in [5, 5.41) is 4.17. The third-order valence-corrected chi connectivity index (χ3v) is 5.77. The number of pyridine rings is 1. The van der Waals surface area contributed by atoms with Crippen molar-refractivity contribution in [3.05, 3.63) is 65.9 Å². The number of aromatic amines is 1. The number of nitrogens with one attached hydrogen (secondary N) is 2. The van der Waals surface area contributed by atoms with E-state index in [1.165, 1.54) is 17.1 Å². The fraction of sp³-hybridized carbons (Fsp3) is 0.417. The lowest BCUT2D eigenvalue weighted by Gasteiger charge is -2.27. The molecule has 0 atom stereocenters. The van der Waals surface area contributed by atoms with E-state index in [0.717, 1.165) is 24.9 Å². The second-order valence-electron chi connectivity index (χ2n) is 8.06. The first kappa shape index (κ1) is 22.2. The number of aromatic nitrogens is 2. The Labute approximate surface area is 187 Å². The molecule has 3 heterocycles. The molecule has 0 saturated carbocycles. The number of hydrogen-bond donors (Lipinski definition) is 2. The number of fused-ring (bicyclic) bond motifs is 1. The molecule has 1 aliphatic rings. The van der Waals surface area contributed by atoms with Crippen LogP contribution in [0.2, 0.25) is 0 Å². The number of para-hydroxylation sites is 1. The molecule has 3 aromatic rings. The molecule has 8 heteroatoms. The van der Waals surface area contributed by atoms with Crippen molar-refractivity contribution in [1.82, 2.24) is 25.1 Å². The highest BCUT2D eigenvalue weighted by Crippen LogP contribution is 2.21. The van der Waals surface area contributed by atoms with Gasteiger partial charge in [0, 0.05) is 61.6 Å². The summed E-state index contributed by atoms with van der Waals surface area (Å²) in [6, 6.07) is 11.7. The van der Waals surface area contributed by atoms with E-state index in [2.05, 4.69) is 32.3 Å². The predicted molar refractivity (Wildman–Crippen MR) is 122 cm³/mol. The monoisotopic (exact) mass is 439 g/mol. The molecule has 32 heavy (non-hydrogen) atoms. The number of carbonyl (C=O) groups excluding carboxylic acids is 1. The van der Waals surface area contributed by atoms with Crippen molar-refractivity contribution in [3.63, 3.8) is 0 Å². The summed E-state index contributed by atoms with van der Waals surface area (Å²) in [6.45, 7) is 5.08. The molecule has 2 amide bonds. The van der Waals surface area contributed by atoms with Crippen LogP contribution in [-0.4, -0.2) is 65.2 Å². The predicted octanol–water partition coefficient (Wildman–Crippen LogP) is 3.53. The highest BCUT2D eigenvalue weighted by atomic mass is 19.1. The zero-order valence-corrected chi connectivity index (χ0v) is 18.2. The average Bonchev–Trinajstić information content (AvgIpc) is 3.23. The topological polar surface area (TPSA) is 73.5 Å². The van der Waals surface area contributed by atoms with Crippen molar-refractivity contribution >= 4 is 16.9 Å². The molecule has 0 bridgehead atoms. The lowest BCUT2D eigenvalue weighted by Crippen LogP contribution is -2.46. The maximum Gasteiger partial charge on any atom is 0.317 e. The maximum atomic E-state index is 14.2. The third kappa shape index (κ3) is 5.83. The Morgan fingerprint density at radius 2 is 1.94 bits per heavy atom. The van der Waals surface area contributed by atoms with Gasteiger partial charge in [-0.15, -0.1) is 0 Å². The van der Waals surface area contributed by atoms with Crippen LogP contribution in [0.15, 0.2) is 48.8 Å². The Morgan fingerprint density at radius 1 is 1.12 bits per heavy atom. The van der Waals surface area contributed by atoms with Crippen LogP contribution in [0, 0.1) is 5.95 Å². The largest absolute Gasteiger partial charge is 0.378 e. The molecular formula is C24H30FN5O2. The Kier molecular flexibility index (Phi) is 7.68. The Morgan fingerprint density at radius 3 is 2.78 bits per heavy atom. The molecule has 0 spiro atoms. The van der Waals surface area contributed by atoms with Crippen LogP contribution in [0.1, 0.15) is 24.0 Å². The fourth-order valence-corrected chi connectivity index (χ4v) is 4.03. The number of amides is 2. The number of urea groups is 1. The summed E-state index contributed by atoms with van der Waals surface area (Å²) >= 11 is 0. The number of ether oxygens (including phenoxy) is 1. The summed E-state index contributed by atoms with van der Waals surface area (Å²) in [7, 11) is 0. The minimum atomic E-state index is -0.422. The molecule has 0 unspecified atom stereocenters. The summed E-state index contributed by atoms with van der Waals surface area (Å²) < 4.78 is 19.5. The Hall–Kier alpha value is -2.97. The van der Waals surface area contributed by atoms with E-state index in [1.807, 2.05) is 18.3 Å². The zero-order valence-electron chi connectivity index (χ0n) is 18.2. The van der Waals surface area contributed by atoms with Crippen LogP contribution >= 0.6 is 0 Å². The second-order valence-corrected chi connectivity index (χ2v) is 8.06. The molecule has 1 saturated heterocycles. The van der Waals surface area contributed by atoms with Gasteiger partial charge in [0.2, 0.25) is 5.95 Å². The smallest absolute Gasteiger partial charge is 0.317 e. The number of halogens is 1. The first-order chi connectivity index (χ1) is 15.7. The Balaban J connectivity index is 1.32. The average molecular weight is 440 g/mol. The van der Waals surface area contributed by atoms with Gasteiger partial charge in [0.25, 0.3) is 0 Å². The van der Waals surface area contributed by atoms with Gasteiger partial charge in [-0.1, -0.05) is 24.3 Å². The van der Waals surface area contributed by atoms with E-state index in [9.17, 15) is 9.18 Å². The van der Waals surface area contributed by atoms with E-state index in [0.29, 0.717) is 51.5 Å². The molecule has 1 fully saturated rings. The van der Waals surface area contributed by atoms with Crippen molar-refractivity contribution in [2.45, 2.75) is 25.9 Å². The van der Waals surface area contributed by atoms with Crippen LogP contribution in [0.25, 0.3) is 10.9 Å². The molecule has 1 aliphatic heterocycles. The van der Waals surface area contributed by atoms with Gasteiger partial charge in [-0.3, -0.25) is 4.90 Å². The van der Waals surface area contributed by atoms with E-state index in [1.54, 1.807) is 17.0 Å². The quantitative estimate of drug-likeness (QED) is 0.395. The second kappa shape index (κ2) is 11.1. The number of rotatable bonds is 9. The number of H-pyrrole nitrogens is 1. The molecule has 2 N–H and O–H groups in total. The van der Waals surface area contributed by atoms with E-state index >= 15 is 0 Å². The van der Waals surface area contributed by atoms with Crippen LogP contribution in [0.3, 0.4) is 0 Å². The third-order valence-electron chi connectivity index (χ3n) is 5.77. The normalized spacial score (nSPS) is 14.2. The van der Waals surface area contributed by atoms with E-state index in [4.69, 9.17) is 4.74 Å². The van der Waals surface area contributed by atoms with Crippen molar-refractivity contribution < 1.29 is 13.9 Å². The number of morpholine rings is 1. The number of hydrogen-bond acceptors (Lipinski definition) is 4. The summed E-state index contributed by atoms with van der Waals surface area (Å²) in [4.78, 5) is 23.3. The van der Waals surface area contributed by atoms with Crippen LogP contribution in [0.4, 0.5) is 9.18 Å². The number of unbranched alkanes of at least 4 members (excludes halogenated alkanes) is 1. The minimum Gasteiger partial charge on any atom is -0.378 e. The minimum absolute atomic E-state index is 0.0265. The molecule has 170 valence electrons. The van der Waals surface area contributed by atoms with Crippen molar-refractivity contribution in [2.24, 2.45) is 0 Å². The van der Waals surface area contributed by atoms with Gasteiger partial charge in [-0.05, 0) is 37.1 Å². The van der Waals surface area contributed by atoms with E-state index in [-0.39, 0.29) is 6.03 Å². The van der Waals surface area contributed by atoms with E-state index < -0.39 is 5.95 Å². The maximum absolute atomic E-state index is 14.2. The van der Waals surface area contributed by atoms with Gasteiger partial charge in [-0.25, -0.2) is 9.78 Å². The van der Waals surface area contributed by atoms with Crippen molar-refractivity contribution in [1.29, 1.82) is 0 Å². The van der Waals surface area contributed by atoms with Gasteiger partial charge >= 0.3 is 6.03 Å². The molecule has 1 aromatic carbocycles. The molecule has 2 aromatic heterocycles. The first-order valence-corrected chi connectivity index (χ1v) is 11.2. The van der Waals surface area contributed by atoms with Crippen molar-refractivity contribution in [3.8, 4) is 0 Å². The fourth-order valence-electron chi connectivity index (χ4n) is 4.03.